The van der Waals surface area contributed by atoms with E-state index in [1.807, 2.05) is 0 Å². The van der Waals surface area contributed by atoms with E-state index < -0.39 is 11.7 Å². The van der Waals surface area contributed by atoms with Crippen LogP contribution in [0.3, 0.4) is 0 Å². The van der Waals surface area contributed by atoms with Gasteiger partial charge in [-0.2, -0.15) is 13.2 Å². The summed E-state index contributed by atoms with van der Waals surface area (Å²) in [7, 11) is 0. The zero-order chi connectivity index (χ0) is 17.9. The Labute approximate surface area is 140 Å². The number of anilines is 3. The molecule has 0 atom stereocenters. The van der Waals surface area contributed by atoms with E-state index in [1.165, 1.54) is 14.7 Å². The first-order chi connectivity index (χ1) is 11.8. The second-order valence-electron chi connectivity index (χ2n) is 6.25. The molecule has 0 unspecified atom stereocenters. The first kappa shape index (κ1) is 15.9. The van der Waals surface area contributed by atoms with Crippen LogP contribution in [0, 0.1) is 0 Å². The Hall–Kier alpha value is -2.58. The van der Waals surface area contributed by atoms with Crippen LogP contribution in [0.4, 0.5) is 30.2 Å². The van der Waals surface area contributed by atoms with Crippen molar-refractivity contribution >= 4 is 34.8 Å². The van der Waals surface area contributed by atoms with Crippen molar-refractivity contribution in [2.45, 2.75) is 25.4 Å². The summed E-state index contributed by atoms with van der Waals surface area (Å²) in [5.41, 5.74) is -0.610. The Bertz CT molecular complexity index is 761. The highest BCUT2D eigenvalue weighted by Gasteiger charge is 2.41. The SMILES string of the molecule is O=C1CCN1c1cc(C(F)(F)F)cc(N2CCC2=O)c1N1CCC1=O. The number of carbonyl (C=O) groups is 3. The Balaban J connectivity index is 1.92. The quantitative estimate of drug-likeness (QED) is 0.780. The Morgan fingerprint density at radius 3 is 1.36 bits per heavy atom. The van der Waals surface area contributed by atoms with Crippen LogP contribution in [0.2, 0.25) is 0 Å². The van der Waals surface area contributed by atoms with E-state index in [9.17, 15) is 27.6 Å². The van der Waals surface area contributed by atoms with E-state index in [0.717, 1.165) is 12.1 Å². The van der Waals surface area contributed by atoms with Gasteiger partial charge in [-0.05, 0) is 12.1 Å². The summed E-state index contributed by atoms with van der Waals surface area (Å²) in [5.74, 6) is -0.827. The molecule has 3 amide bonds. The predicted molar refractivity (Wildman–Crippen MR) is 82.4 cm³/mol. The minimum absolute atomic E-state index is 0.0498. The summed E-state index contributed by atoms with van der Waals surface area (Å²) in [6.45, 7) is 0.944. The maximum atomic E-state index is 13.3. The zero-order valence-corrected chi connectivity index (χ0v) is 13.1. The van der Waals surface area contributed by atoms with Gasteiger partial charge in [-0.15, -0.1) is 0 Å². The highest BCUT2D eigenvalue weighted by Crippen LogP contribution is 2.47. The van der Waals surface area contributed by atoms with Crippen molar-refractivity contribution in [2.75, 3.05) is 34.3 Å². The first-order valence-electron chi connectivity index (χ1n) is 7.94. The van der Waals surface area contributed by atoms with Crippen molar-refractivity contribution in [1.82, 2.24) is 0 Å². The third-order valence-electron chi connectivity index (χ3n) is 4.80. The summed E-state index contributed by atoms with van der Waals surface area (Å²) in [6, 6.07) is 1.79. The molecule has 4 rings (SSSR count). The predicted octanol–water partition coefficient (Wildman–Crippen LogP) is 1.92. The fourth-order valence-electron chi connectivity index (χ4n) is 3.15. The topological polar surface area (TPSA) is 60.9 Å². The molecule has 6 nitrogen and oxygen atoms in total. The van der Waals surface area contributed by atoms with Gasteiger partial charge < -0.3 is 14.7 Å². The molecule has 0 aliphatic carbocycles. The second kappa shape index (κ2) is 5.21. The molecule has 3 aliphatic rings. The lowest BCUT2D eigenvalue weighted by molar-refractivity contribution is -0.137. The molecule has 3 aliphatic heterocycles. The van der Waals surface area contributed by atoms with Gasteiger partial charge in [0.1, 0.15) is 0 Å². The van der Waals surface area contributed by atoms with Crippen LogP contribution < -0.4 is 14.7 Å². The highest BCUT2D eigenvalue weighted by atomic mass is 19.4. The van der Waals surface area contributed by atoms with Gasteiger partial charge in [-0.1, -0.05) is 0 Å². The normalized spacial score (nSPS) is 20.4. The van der Waals surface area contributed by atoms with Crippen LogP contribution in [0.1, 0.15) is 24.8 Å². The van der Waals surface area contributed by atoms with E-state index in [-0.39, 0.29) is 47.6 Å². The molecular weight excluding hydrogens is 339 g/mol. The van der Waals surface area contributed by atoms with E-state index in [4.69, 9.17) is 0 Å². The Kier molecular flexibility index (Phi) is 3.32. The van der Waals surface area contributed by atoms with Gasteiger partial charge in [0.25, 0.3) is 0 Å². The number of β-lactam (4-membered cyclic amide) rings is 3. The third kappa shape index (κ3) is 2.37. The van der Waals surface area contributed by atoms with Crippen LogP contribution in [0.25, 0.3) is 0 Å². The monoisotopic (exact) mass is 353 g/mol. The van der Waals surface area contributed by atoms with E-state index in [0.29, 0.717) is 26.1 Å². The lowest BCUT2D eigenvalue weighted by Crippen LogP contribution is -2.50. The van der Waals surface area contributed by atoms with Crippen molar-refractivity contribution < 1.29 is 27.6 Å². The van der Waals surface area contributed by atoms with E-state index in [1.54, 1.807) is 0 Å². The summed E-state index contributed by atoms with van der Waals surface area (Å²) >= 11 is 0. The molecule has 1 aromatic rings. The molecule has 132 valence electrons. The van der Waals surface area contributed by atoms with Gasteiger partial charge in [0.15, 0.2) is 0 Å². The van der Waals surface area contributed by atoms with Crippen molar-refractivity contribution in [3.63, 3.8) is 0 Å². The maximum absolute atomic E-state index is 13.3. The van der Waals surface area contributed by atoms with Gasteiger partial charge in [-0.3, -0.25) is 14.4 Å². The fraction of sp³-hybridized carbons (Fsp3) is 0.438. The van der Waals surface area contributed by atoms with Crippen molar-refractivity contribution in [2.24, 2.45) is 0 Å². The van der Waals surface area contributed by atoms with Crippen molar-refractivity contribution in [3.05, 3.63) is 17.7 Å². The molecule has 0 bridgehead atoms. The van der Waals surface area contributed by atoms with Crippen LogP contribution in [0.5, 0.6) is 0 Å². The Morgan fingerprint density at radius 2 is 1.12 bits per heavy atom. The second-order valence-corrected chi connectivity index (χ2v) is 6.25. The molecule has 0 N–H and O–H groups in total. The summed E-state index contributed by atoms with van der Waals surface area (Å²) in [4.78, 5) is 39.5. The molecule has 0 spiro atoms. The molecule has 0 aromatic heterocycles. The molecule has 3 saturated heterocycles. The number of hydrogen-bond donors (Lipinski definition) is 0. The average Bonchev–Trinajstić information content (AvgIpc) is 2.51. The molecule has 1 aromatic carbocycles. The molecule has 0 saturated carbocycles. The van der Waals surface area contributed by atoms with Gasteiger partial charge in [-0.25, -0.2) is 0 Å². The summed E-state index contributed by atoms with van der Waals surface area (Å²) < 4.78 is 40.0. The van der Waals surface area contributed by atoms with Crippen LogP contribution in [-0.2, 0) is 20.6 Å². The standard InChI is InChI=1S/C16H14F3N3O3/c17-16(18,19)9-7-10(20-4-1-12(20)23)15(22-6-3-14(22)25)11(8-9)21-5-2-13(21)24/h7-8H,1-6H2. The van der Waals surface area contributed by atoms with Crippen molar-refractivity contribution in [3.8, 4) is 0 Å². The maximum Gasteiger partial charge on any atom is 0.416 e. The number of amides is 3. The van der Waals surface area contributed by atoms with Gasteiger partial charge in [0.05, 0.1) is 22.6 Å². The first-order valence-corrected chi connectivity index (χ1v) is 7.94. The number of nitrogens with zero attached hydrogens (tertiary/aromatic N) is 3. The van der Waals surface area contributed by atoms with Crippen molar-refractivity contribution in [1.29, 1.82) is 0 Å². The number of halogens is 3. The Morgan fingerprint density at radius 1 is 0.720 bits per heavy atom. The number of alkyl halides is 3. The fourth-order valence-corrected chi connectivity index (χ4v) is 3.15. The lowest BCUT2D eigenvalue weighted by Gasteiger charge is -2.42. The molecule has 25 heavy (non-hydrogen) atoms. The number of rotatable bonds is 3. The summed E-state index contributed by atoms with van der Waals surface area (Å²) in [5, 5.41) is 0. The number of benzene rings is 1. The molecule has 0 radical (unpaired) electrons. The number of carbonyl (C=O) groups excluding carboxylic acids is 3. The number of hydrogen-bond acceptors (Lipinski definition) is 3. The zero-order valence-electron chi connectivity index (χ0n) is 13.1. The van der Waals surface area contributed by atoms with Crippen LogP contribution in [0.15, 0.2) is 12.1 Å². The lowest BCUT2D eigenvalue weighted by atomic mass is 10.00. The summed E-state index contributed by atoms with van der Waals surface area (Å²) in [6.07, 6.45) is -3.83. The largest absolute Gasteiger partial charge is 0.416 e. The van der Waals surface area contributed by atoms with Gasteiger partial charge in [0.2, 0.25) is 17.7 Å². The van der Waals surface area contributed by atoms with Gasteiger partial charge >= 0.3 is 6.18 Å². The molecular formula is C16H14F3N3O3. The highest BCUT2D eigenvalue weighted by molar-refractivity contribution is 6.13. The molecule has 3 heterocycles. The van der Waals surface area contributed by atoms with E-state index in [2.05, 4.69) is 0 Å². The smallest absolute Gasteiger partial charge is 0.310 e. The van der Waals surface area contributed by atoms with E-state index >= 15 is 0 Å². The van der Waals surface area contributed by atoms with Crippen LogP contribution in [-0.4, -0.2) is 37.4 Å². The third-order valence-corrected chi connectivity index (χ3v) is 4.80. The average molecular weight is 353 g/mol. The molecule has 3 fully saturated rings. The minimum atomic E-state index is -4.62. The minimum Gasteiger partial charge on any atom is -0.310 e. The van der Waals surface area contributed by atoms with Gasteiger partial charge in [0, 0.05) is 38.9 Å². The van der Waals surface area contributed by atoms with Crippen LogP contribution >= 0.6 is 0 Å². The molecule has 9 heteroatoms.